The Hall–Kier alpha value is -0.470. The third-order valence-electron chi connectivity index (χ3n) is 3.33. The lowest BCUT2D eigenvalue weighted by Gasteiger charge is -2.11. The monoisotopic (exact) mass is 563 g/mol. The van der Waals surface area contributed by atoms with Gasteiger partial charge in [0, 0.05) is 44.2 Å². The zero-order valence-electron chi connectivity index (χ0n) is 15.0. The number of rotatable bonds is 9. The van der Waals surface area contributed by atoms with Crippen LogP contribution in [0.4, 0.5) is 0 Å². The highest BCUT2D eigenvalue weighted by Gasteiger charge is 2.15. The molecule has 27 heavy (non-hydrogen) atoms. The fourth-order valence-electron chi connectivity index (χ4n) is 2.02. The molecule has 3 N–H and O–H groups in total. The first-order valence-electron chi connectivity index (χ1n) is 8.07. The fourth-order valence-corrected chi connectivity index (χ4v) is 5.44. The van der Waals surface area contributed by atoms with E-state index in [1.165, 1.54) is 10.9 Å². The Morgan fingerprint density at radius 1 is 1.22 bits per heavy atom. The lowest BCUT2D eigenvalue weighted by molar-refractivity contribution is 0.582. The van der Waals surface area contributed by atoms with E-state index in [-0.39, 0.29) is 34.7 Å². The molecule has 152 valence electrons. The molecule has 2 rings (SSSR count). The van der Waals surface area contributed by atoms with Gasteiger partial charge in [-0.15, -0.1) is 46.7 Å². The number of aromatic nitrogens is 1. The maximum Gasteiger partial charge on any atom is 0.250 e. The van der Waals surface area contributed by atoms with Crippen molar-refractivity contribution >= 4 is 74.2 Å². The summed E-state index contributed by atoms with van der Waals surface area (Å²) in [6.07, 6.45) is 3.74. The summed E-state index contributed by atoms with van der Waals surface area (Å²) in [5.74, 6) is 0.621. The van der Waals surface area contributed by atoms with Crippen LogP contribution in [-0.2, 0) is 22.9 Å². The Kier molecular flexibility index (Phi) is 11.1. The van der Waals surface area contributed by atoms with Gasteiger partial charge in [-0.3, -0.25) is 4.99 Å². The Bertz CT molecular complexity index is 838. The van der Waals surface area contributed by atoms with E-state index >= 15 is 0 Å². The molecule has 0 saturated carbocycles. The second kappa shape index (κ2) is 12.2. The number of nitrogens with zero attached hydrogens (tertiary/aromatic N) is 2. The summed E-state index contributed by atoms with van der Waals surface area (Å²) in [5, 5.41) is 7.35. The first-order chi connectivity index (χ1) is 12.4. The van der Waals surface area contributed by atoms with Gasteiger partial charge in [0.05, 0.1) is 9.34 Å². The van der Waals surface area contributed by atoms with Crippen molar-refractivity contribution < 1.29 is 8.42 Å². The summed E-state index contributed by atoms with van der Waals surface area (Å²) in [7, 11) is -1.85. The first kappa shape index (κ1) is 24.6. The van der Waals surface area contributed by atoms with Gasteiger partial charge in [0.25, 0.3) is 0 Å². The maximum atomic E-state index is 12.1. The first-order valence-corrected chi connectivity index (χ1v) is 11.6. The number of guanidine groups is 1. The van der Waals surface area contributed by atoms with Crippen LogP contribution in [0.25, 0.3) is 0 Å². The number of thiophene rings is 1. The van der Waals surface area contributed by atoms with Gasteiger partial charge in [0.15, 0.2) is 5.96 Å². The van der Waals surface area contributed by atoms with Crippen LogP contribution in [0.2, 0.25) is 4.34 Å². The Morgan fingerprint density at radius 2 is 1.96 bits per heavy atom. The molecule has 0 aliphatic carbocycles. The molecule has 0 aromatic carbocycles. The number of thiazole rings is 1. The molecule has 0 radical (unpaired) electrons. The van der Waals surface area contributed by atoms with E-state index in [0.29, 0.717) is 23.4 Å². The molecule has 7 nitrogen and oxygen atoms in total. The van der Waals surface area contributed by atoms with E-state index in [9.17, 15) is 8.42 Å². The summed E-state index contributed by atoms with van der Waals surface area (Å²) >= 11 is 8.53. The SMILES string of the molecule is CCc1cnc(CCNC(=NC)NCCNS(=O)(=O)c2ccc(Cl)s2)s1.I. The largest absolute Gasteiger partial charge is 0.356 e. The van der Waals surface area contributed by atoms with Crippen molar-refractivity contribution in [1.29, 1.82) is 0 Å². The highest BCUT2D eigenvalue weighted by Crippen LogP contribution is 2.25. The van der Waals surface area contributed by atoms with E-state index in [1.54, 1.807) is 24.5 Å². The summed E-state index contributed by atoms with van der Waals surface area (Å²) in [5.41, 5.74) is 0. The minimum absolute atomic E-state index is 0. The van der Waals surface area contributed by atoms with Crippen LogP contribution in [0.15, 0.2) is 27.5 Å². The number of aryl methyl sites for hydroxylation is 1. The van der Waals surface area contributed by atoms with Crippen molar-refractivity contribution in [2.75, 3.05) is 26.7 Å². The van der Waals surface area contributed by atoms with Gasteiger partial charge in [-0.1, -0.05) is 18.5 Å². The van der Waals surface area contributed by atoms with Gasteiger partial charge in [-0.2, -0.15) is 0 Å². The number of hydrogen-bond acceptors (Lipinski definition) is 6. The van der Waals surface area contributed by atoms with Crippen molar-refractivity contribution in [2.45, 2.75) is 24.0 Å². The molecule has 0 aliphatic rings. The van der Waals surface area contributed by atoms with Crippen LogP contribution in [0.3, 0.4) is 0 Å². The van der Waals surface area contributed by atoms with Gasteiger partial charge >= 0.3 is 0 Å². The van der Waals surface area contributed by atoms with Crippen LogP contribution in [0, 0.1) is 0 Å². The molecule has 2 heterocycles. The molecule has 0 aliphatic heterocycles. The average Bonchev–Trinajstić information content (AvgIpc) is 3.26. The average molecular weight is 564 g/mol. The standard InChI is InChI=1S/C15H22ClN5O2S3.HI/c1-3-11-10-20-13(24-11)6-7-18-15(17-2)19-8-9-21-26(22,23)14-5-4-12(16)25-14;/h4-5,10,21H,3,6-9H2,1-2H3,(H2,17,18,19);1H. The predicted octanol–water partition coefficient (Wildman–Crippen LogP) is 2.72. The van der Waals surface area contributed by atoms with Crippen molar-refractivity contribution in [3.8, 4) is 0 Å². The van der Waals surface area contributed by atoms with E-state index in [4.69, 9.17) is 11.6 Å². The number of halogens is 2. The molecule has 0 fully saturated rings. The van der Waals surface area contributed by atoms with Gasteiger partial charge in [0.2, 0.25) is 10.0 Å². The normalized spacial score (nSPS) is 11.9. The van der Waals surface area contributed by atoms with Crippen LogP contribution < -0.4 is 15.4 Å². The van der Waals surface area contributed by atoms with Crippen molar-refractivity contribution in [3.63, 3.8) is 0 Å². The fraction of sp³-hybridized carbons (Fsp3) is 0.467. The number of sulfonamides is 1. The number of nitrogens with one attached hydrogen (secondary N) is 3. The molecule has 12 heteroatoms. The topological polar surface area (TPSA) is 95.5 Å². The third kappa shape index (κ3) is 8.20. The van der Waals surface area contributed by atoms with Crippen LogP contribution in [-0.4, -0.2) is 46.0 Å². The second-order valence-electron chi connectivity index (χ2n) is 5.21. The summed E-state index contributed by atoms with van der Waals surface area (Å²) < 4.78 is 27.3. The van der Waals surface area contributed by atoms with E-state index in [0.717, 1.165) is 29.2 Å². The highest BCUT2D eigenvalue weighted by molar-refractivity contribution is 14.0. The number of hydrogen-bond donors (Lipinski definition) is 3. The Labute approximate surface area is 190 Å². The Morgan fingerprint density at radius 3 is 2.56 bits per heavy atom. The minimum atomic E-state index is -3.52. The molecule has 2 aromatic rings. The van der Waals surface area contributed by atoms with Crippen LogP contribution in [0.1, 0.15) is 16.8 Å². The molecular formula is C15H23ClIN5O2S3. The number of aliphatic imine (C=N–C) groups is 1. The zero-order valence-corrected chi connectivity index (χ0v) is 20.5. The van der Waals surface area contributed by atoms with Gasteiger partial charge in [-0.25, -0.2) is 18.1 Å². The van der Waals surface area contributed by atoms with E-state index < -0.39 is 10.0 Å². The summed E-state index contributed by atoms with van der Waals surface area (Å²) in [6, 6.07) is 3.06. The predicted molar refractivity (Wildman–Crippen MR) is 124 cm³/mol. The van der Waals surface area contributed by atoms with E-state index in [1.807, 2.05) is 6.20 Å². The summed E-state index contributed by atoms with van der Waals surface area (Å²) in [6.45, 7) is 3.47. The van der Waals surface area contributed by atoms with Crippen LogP contribution in [0.5, 0.6) is 0 Å². The van der Waals surface area contributed by atoms with Gasteiger partial charge < -0.3 is 10.6 Å². The molecule has 0 spiro atoms. The molecule has 0 unspecified atom stereocenters. The minimum Gasteiger partial charge on any atom is -0.356 e. The molecule has 0 saturated heterocycles. The zero-order chi connectivity index (χ0) is 19.0. The van der Waals surface area contributed by atoms with Gasteiger partial charge in [-0.05, 0) is 18.6 Å². The van der Waals surface area contributed by atoms with E-state index in [2.05, 4.69) is 32.3 Å². The lowest BCUT2D eigenvalue weighted by Crippen LogP contribution is -2.42. The summed E-state index contributed by atoms with van der Waals surface area (Å²) in [4.78, 5) is 9.78. The van der Waals surface area contributed by atoms with Gasteiger partial charge in [0.1, 0.15) is 4.21 Å². The van der Waals surface area contributed by atoms with Crippen molar-refractivity contribution in [3.05, 3.63) is 32.6 Å². The second-order valence-corrected chi connectivity index (χ2v) is 10.1. The van der Waals surface area contributed by atoms with Crippen LogP contribution >= 0.6 is 58.3 Å². The smallest absolute Gasteiger partial charge is 0.250 e. The lowest BCUT2D eigenvalue weighted by atomic mass is 10.4. The molecule has 0 atom stereocenters. The van der Waals surface area contributed by atoms with Crippen molar-refractivity contribution in [1.82, 2.24) is 20.3 Å². The quantitative estimate of drug-likeness (QED) is 0.189. The van der Waals surface area contributed by atoms with Crippen molar-refractivity contribution in [2.24, 2.45) is 4.99 Å². The highest BCUT2D eigenvalue weighted by atomic mass is 127. The molecule has 0 amide bonds. The Balaban J connectivity index is 0.00000364. The maximum absolute atomic E-state index is 12.1. The third-order valence-corrected chi connectivity index (χ3v) is 7.71. The molecule has 2 aromatic heterocycles. The molecular weight excluding hydrogens is 541 g/mol. The molecule has 0 bridgehead atoms.